The molecule has 6 heteroatoms. The maximum atomic E-state index is 12.2. The summed E-state index contributed by atoms with van der Waals surface area (Å²) in [4.78, 5) is 13.8. The first kappa shape index (κ1) is 26.4. The van der Waals surface area contributed by atoms with Crippen LogP contribution in [0.1, 0.15) is 41.0 Å². The van der Waals surface area contributed by atoms with Gasteiger partial charge >= 0.3 is 6.09 Å². The normalized spacial score (nSPS) is 15.5. The Bertz CT molecular complexity index is 510. The van der Waals surface area contributed by atoms with Crippen molar-refractivity contribution in [3.05, 3.63) is 37.0 Å². The predicted molar refractivity (Wildman–Crippen MR) is 113 cm³/mol. The smallest absolute Gasteiger partial charge is 0.410 e. The van der Waals surface area contributed by atoms with Crippen LogP contribution in [0.15, 0.2) is 37.0 Å². The van der Waals surface area contributed by atoms with Gasteiger partial charge < -0.3 is 24.2 Å². The highest BCUT2D eigenvalue weighted by molar-refractivity contribution is 5.68. The summed E-state index contributed by atoms with van der Waals surface area (Å²) in [7, 11) is 1.55. The van der Waals surface area contributed by atoms with Crippen molar-refractivity contribution in [2.75, 3.05) is 33.4 Å². The lowest BCUT2D eigenvalue weighted by Gasteiger charge is -2.26. The molecule has 0 bridgehead atoms. The monoisotopic (exact) mass is 397 g/mol. The number of amides is 1. The van der Waals surface area contributed by atoms with Crippen molar-refractivity contribution >= 4 is 6.09 Å². The number of rotatable bonds is 13. The maximum absolute atomic E-state index is 12.2. The highest BCUT2D eigenvalue weighted by atomic mass is 16.6. The number of carbonyl (C=O) groups excluding carboxylic acids is 1. The summed E-state index contributed by atoms with van der Waals surface area (Å²) in [6.45, 7) is 18.7. The molecule has 1 amide bonds. The lowest BCUT2D eigenvalue weighted by atomic mass is 9.97. The summed E-state index contributed by atoms with van der Waals surface area (Å²) < 4.78 is 16.3. The number of nitrogens with zero attached hydrogens (tertiary/aromatic N) is 1. The first-order valence-electron chi connectivity index (χ1n) is 9.73. The first-order valence-corrected chi connectivity index (χ1v) is 9.73. The zero-order valence-corrected chi connectivity index (χ0v) is 18.4. The van der Waals surface area contributed by atoms with Gasteiger partial charge in [-0.2, -0.15) is 0 Å². The molecule has 28 heavy (non-hydrogen) atoms. The van der Waals surface area contributed by atoms with Crippen LogP contribution in [0.5, 0.6) is 0 Å². The van der Waals surface area contributed by atoms with E-state index < -0.39 is 17.8 Å². The molecule has 1 N–H and O–H groups in total. The SMILES string of the molecule is C=CCN(CCCOC/C(C)=C\[C@@H](C)[C@H](O)[C@H](C=C)OC)C(=O)OC(C)(C)C. The van der Waals surface area contributed by atoms with Crippen LogP contribution >= 0.6 is 0 Å². The van der Waals surface area contributed by atoms with Crippen LogP contribution in [-0.2, 0) is 14.2 Å². The predicted octanol–water partition coefficient (Wildman–Crippen LogP) is 3.96. The molecule has 0 aliphatic heterocycles. The standard InChI is InChI=1S/C22H39NO5/c1-9-12-23(21(25)28-22(5,6)7)13-11-14-27-16-17(3)15-18(4)20(24)19(10-2)26-8/h9-10,15,18-20,24H,1-2,11-14,16H2,3-8H3/b17-15-/t18-,19+,20+/m1/s1. The van der Waals surface area contributed by atoms with Crippen LogP contribution in [0.2, 0.25) is 0 Å². The maximum Gasteiger partial charge on any atom is 0.410 e. The van der Waals surface area contributed by atoms with Crippen LogP contribution in [0.4, 0.5) is 4.79 Å². The average Bonchev–Trinajstić information content (AvgIpc) is 2.59. The van der Waals surface area contributed by atoms with Gasteiger partial charge in [-0.3, -0.25) is 0 Å². The van der Waals surface area contributed by atoms with E-state index in [4.69, 9.17) is 14.2 Å². The third-order valence-corrected chi connectivity index (χ3v) is 3.97. The lowest BCUT2D eigenvalue weighted by molar-refractivity contribution is -0.00170. The molecule has 0 aromatic carbocycles. The molecule has 0 unspecified atom stereocenters. The molecular formula is C22H39NO5. The number of ether oxygens (including phenoxy) is 3. The highest BCUT2D eigenvalue weighted by Gasteiger charge is 2.22. The number of hydrogen-bond donors (Lipinski definition) is 1. The van der Waals surface area contributed by atoms with Crippen LogP contribution in [0, 0.1) is 5.92 Å². The molecular weight excluding hydrogens is 358 g/mol. The van der Waals surface area contributed by atoms with Crippen molar-refractivity contribution in [1.82, 2.24) is 4.90 Å². The van der Waals surface area contributed by atoms with Gasteiger partial charge in [0.2, 0.25) is 0 Å². The van der Waals surface area contributed by atoms with E-state index in [1.54, 1.807) is 24.2 Å². The zero-order valence-electron chi connectivity index (χ0n) is 18.4. The molecule has 0 rings (SSSR count). The topological polar surface area (TPSA) is 68.2 Å². The molecule has 0 aliphatic carbocycles. The van der Waals surface area contributed by atoms with Crippen molar-refractivity contribution in [2.24, 2.45) is 5.92 Å². The van der Waals surface area contributed by atoms with Gasteiger partial charge in [0.05, 0.1) is 12.7 Å². The second-order valence-electron chi connectivity index (χ2n) is 7.92. The summed E-state index contributed by atoms with van der Waals surface area (Å²) in [6.07, 6.45) is 4.55. The molecule has 0 spiro atoms. The molecule has 0 aromatic rings. The first-order chi connectivity index (χ1) is 13.1. The van der Waals surface area contributed by atoms with Crippen molar-refractivity contribution in [2.45, 2.75) is 58.8 Å². The minimum Gasteiger partial charge on any atom is -0.444 e. The Hall–Kier alpha value is -1.63. The van der Waals surface area contributed by atoms with Gasteiger partial charge in [-0.05, 0) is 34.1 Å². The Balaban J connectivity index is 4.35. The second kappa shape index (κ2) is 13.5. The highest BCUT2D eigenvalue weighted by Crippen LogP contribution is 2.15. The Morgan fingerprint density at radius 1 is 1.29 bits per heavy atom. The van der Waals surface area contributed by atoms with E-state index in [1.807, 2.05) is 40.7 Å². The van der Waals surface area contributed by atoms with Crippen LogP contribution in [0.25, 0.3) is 0 Å². The number of hydrogen-bond acceptors (Lipinski definition) is 5. The van der Waals surface area contributed by atoms with Gasteiger partial charge in [-0.1, -0.05) is 30.7 Å². The van der Waals surface area contributed by atoms with Gasteiger partial charge in [0.1, 0.15) is 11.7 Å². The fourth-order valence-electron chi connectivity index (χ4n) is 2.60. The molecule has 162 valence electrons. The molecule has 0 aliphatic rings. The Kier molecular flexibility index (Phi) is 12.7. The minimum absolute atomic E-state index is 0.0817. The Morgan fingerprint density at radius 3 is 2.43 bits per heavy atom. The van der Waals surface area contributed by atoms with Gasteiger partial charge in [0, 0.05) is 32.7 Å². The number of aliphatic hydroxyl groups is 1. The summed E-state index contributed by atoms with van der Waals surface area (Å²) >= 11 is 0. The molecule has 0 saturated carbocycles. The van der Waals surface area contributed by atoms with Gasteiger partial charge in [-0.15, -0.1) is 13.2 Å². The fraction of sp³-hybridized carbons (Fsp3) is 0.682. The van der Waals surface area contributed by atoms with Gasteiger partial charge in [0.15, 0.2) is 0 Å². The third kappa shape index (κ3) is 11.3. The van der Waals surface area contributed by atoms with E-state index in [2.05, 4.69) is 13.2 Å². The van der Waals surface area contributed by atoms with E-state index in [0.717, 1.165) is 5.57 Å². The van der Waals surface area contributed by atoms with E-state index in [9.17, 15) is 9.90 Å². The van der Waals surface area contributed by atoms with E-state index in [1.165, 1.54) is 0 Å². The molecule has 0 heterocycles. The van der Waals surface area contributed by atoms with E-state index >= 15 is 0 Å². The summed E-state index contributed by atoms with van der Waals surface area (Å²) in [6, 6.07) is 0. The summed E-state index contributed by atoms with van der Waals surface area (Å²) in [5.41, 5.74) is 0.504. The molecule has 0 radical (unpaired) electrons. The molecule has 0 fully saturated rings. The van der Waals surface area contributed by atoms with Crippen LogP contribution in [0.3, 0.4) is 0 Å². The average molecular weight is 398 g/mol. The fourth-order valence-corrected chi connectivity index (χ4v) is 2.60. The second-order valence-corrected chi connectivity index (χ2v) is 7.92. The Labute approximate surface area is 170 Å². The third-order valence-electron chi connectivity index (χ3n) is 3.97. The van der Waals surface area contributed by atoms with Crippen molar-refractivity contribution in [1.29, 1.82) is 0 Å². The van der Waals surface area contributed by atoms with Crippen LogP contribution < -0.4 is 0 Å². The molecule has 0 aromatic heterocycles. The molecule has 0 saturated heterocycles. The number of aliphatic hydroxyl groups excluding tert-OH is 1. The van der Waals surface area contributed by atoms with Crippen molar-refractivity contribution < 1.29 is 24.1 Å². The lowest BCUT2D eigenvalue weighted by Crippen LogP contribution is -2.37. The Morgan fingerprint density at radius 2 is 1.93 bits per heavy atom. The minimum atomic E-state index is -0.654. The van der Waals surface area contributed by atoms with E-state index in [0.29, 0.717) is 32.7 Å². The largest absolute Gasteiger partial charge is 0.444 e. The van der Waals surface area contributed by atoms with Crippen molar-refractivity contribution in [3.63, 3.8) is 0 Å². The summed E-state index contributed by atoms with van der Waals surface area (Å²) in [5.74, 6) is -0.0817. The zero-order chi connectivity index (χ0) is 21.7. The number of methoxy groups -OCH3 is 1. The van der Waals surface area contributed by atoms with Crippen molar-refractivity contribution in [3.8, 4) is 0 Å². The number of carbonyl (C=O) groups is 1. The summed E-state index contributed by atoms with van der Waals surface area (Å²) in [5, 5.41) is 10.2. The van der Waals surface area contributed by atoms with Crippen LogP contribution in [-0.4, -0.2) is 67.3 Å². The molecule has 6 nitrogen and oxygen atoms in total. The van der Waals surface area contributed by atoms with Gasteiger partial charge in [-0.25, -0.2) is 4.79 Å². The van der Waals surface area contributed by atoms with Gasteiger partial charge in [0.25, 0.3) is 0 Å². The van der Waals surface area contributed by atoms with E-state index in [-0.39, 0.29) is 12.0 Å². The molecule has 3 atom stereocenters. The quantitative estimate of drug-likeness (QED) is 0.376.